The Bertz CT molecular complexity index is 1580. The minimum Gasteiger partial charge on any atom is -0.489 e. The number of carbonyl (C=O) groups excluding carboxylic acids is 1. The van der Waals surface area contributed by atoms with Crippen LogP contribution in [0, 0.1) is 6.92 Å². The van der Waals surface area contributed by atoms with Crippen LogP contribution in [0.1, 0.15) is 44.3 Å². The van der Waals surface area contributed by atoms with Crippen molar-refractivity contribution in [2.45, 2.75) is 26.1 Å². The molecule has 0 bridgehead atoms. The van der Waals surface area contributed by atoms with Gasteiger partial charge < -0.3 is 9.64 Å². The maximum atomic E-state index is 13.7. The van der Waals surface area contributed by atoms with E-state index in [0.29, 0.717) is 23.9 Å². The van der Waals surface area contributed by atoms with Gasteiger partial charge in [-0.25, -0.2) is 0 Å². The van der Waals surface area contributed by atoms with Gasteiger partial charge in [0.05, 0.1) is 11.7 Å². The minimum atomic E-state index is -0.327. The first-order chi connectivity index (χ1) is 18.6. The molecule has 5 nitrogen and oxygen atoms in total. The molecule has 0 saturated heterocycles. The molecule has 1 aliphatic rings. The van der Waals surface area contributed by atoms with Crippen LogP contribution in [0.5, 0.6) is 5.75 Å². The molecule has 1 amide bonds. The molecule has 0 saturated carbocycles. The fraction of sp³-hybridized carbons (Fsp3) is 0.125. The van der Waals surface area contributed by atoms with Gasteiger partial charge in [0, 0.05) is 22.7 Å². The van der Waals surface area contributed by atoms with E-state index in [-0.39, 0.29) is 11.9 Å². The number of fused-ring (bicyclic) bond motifs is 1. The molecule has 1 aromatic heterocycles. The first-order valence-corrected chi connectivity index (χ1v) is 12.9. The monoisotopic (exact) mass is 519 g/mol. The highest BCUT2D eigenvalue weighted by atomic mass is 35.5. The van der Waals surface area contributed by atoms with Gasteiger partial charge >= 0.3 is 0 Å². The second-order valence-corrected chi connectivity index (χ2v) is 9.90. The molecular formula is C32H26ClN3O2. The number of amides is 1. The third-order valence-corrected chi connectivity index (χ3v) is 7.30. The van der Waals surface area contributed by atoms with Crippen LogP contribution in [0.4, 0.5) is 0 Å². The van der Waals surface area contributed by atoms with Gasteiger partial charge in [0.1, 0.15) is 18.1 Å². The molecule has 6 heteroatoms. The van der Waals surface area contributed by atoms with Crippen molar-refractivity contribution in [3.05, 3.63) is 142 Å². The molecule has 0 spiro atoms. The summed E-state index contributed by atoms with van der Waals surface area (Å²) in [6.07, 6.45) is 0. The number of hydrogen-bond acceptors (Lipinski definition) is 3. The Hall–Kier alpha value is -4.35. The Morgan fingerprint density at radius 1 is 0.895 bits per heavy atom. The zero-order valence-electron chi connectivity index (χ0n) is 20.9. The van der Waals surface area contributed by atoms with Gasteiger partial charge in [-0.05, 0) is 41.8 Å². The highest BCUT2D eigenvalue weighted by Crippen LogP contribution is 2.44. The van der Waals surface area contributed by atoms with Crippen LogP contribution < -0.4 is 4.74 Å². The van der Waals surface area contributed by atoms with Crippen LogP contribution >= 0.6 is 11.6 Å². The van der Waals surface area contributed by atoms with Crippen LogP contribution in [0.3, 0.4) is 0 Å². The van der Waals surface area contributed by atoms with Crippen LogP contribution in [0.15, 0.2) is 103 Å². The minimum absolute atomic E-state index is 0.0971. The van der Waals surface area contributed by atoms with E-state index in [0.717, 1.165) is 39.3 Å². The fourth-order valence-corrected chi connectivity index (χ4v) is 5.13. The quantitative estimate of drug-likeness (QED) is 0.244. The van der Waals surface area contributed by atoms with E-state index in [1.54, 1.807) is 0 Å². The lowest BCUT2D eigenvalue weighted by molar-refractivity contribution is 0.0730. The molecule has 0 radical (unpaired) electrons. The summed E-state index contributed by atoms with van der Waals surface area (Å²) in [4.78, 5) is 15.6. The van der Waals surface area contributed by atoms with Crippen molar-refractivity contribution in [2.75, 3.05) is 0 Å². The van der Waals surface area contributed by atoms with E-state index < -0.39 is 0 Å². The summed E-state index contributed by atoms with van der Waals surface area (Å²) in [7, 11) is 0. The number of hydrogen-bond donors (Lipinski definition) is 1. The number of ether oxygens (including phenoxy) is 1. The second-order valence-electron chi connectivity index (χ2n) is 9.50. The molecule has 0 fully saturated rings. The first kappa shape index (κ1) is 24.0. The van der Waals surface area contributed by atoms with Gasteiger partial charge in [-0.3, -0.25) is 9.89 Å². The normalized spacial score (nSPS) is 14.5. The Morgan fingerprint density at radius 2 is 1.61 bits per heavy atom. The molecule has 188 valence electrons. The molecule has 38 heavy (non-hydrogen) atoms. The Labute approximate surface area is 226 Å². The van der Waals surface area contributed by atoms with Gasteiger partial charge in [-0.15, -0.1) is 0 Å². The van der Waals surface area contributed by atoms with Crippen molar-refractivity contribution in [2.24, 2.45) is 0 Å². The summed E-state index contributed by atoms with van der Waals surface area (Å²) < 4.78 is 6.01. The molecular weight excluding hydrogens is 494 g/mol. The molecule has 0 aliphatic carbocycles. The van der Waals surface area contributed by atoms with Gasteiger partial charge in [0.15, 0.2) is 0 Å². The summed E-state index contributed by atoms with van der Waals surface area (Å²) in [5.74, 6) is 0.672. The Morgan fingerprint density at radius 3 is 2.34 bits per heavy atom. The topological polar surface area (TPSA) is 58.2 Å². The number of nitrogens with one attached hydrogen (secondary N) is 1. The number of aryl methyl sites for hydroxylation is 1. The standard InChI is InChI=1S/C32H26ClN3O2/c1-21-11-13-23(14-12-21)29-28-30(35-34-29)32(37)36(19-25-9-5-6-10-27(25)33)31(28)24-15-17-26(18-16-24)38-20-22-7-3-2-4-8-22/h2-18,31H,19-20H2,1H3,(H,34,35). The van der Waals surface area contributed by atoms with E-state index in [4.69, 9.17) is 16.3 Å². The van der Waals surface area contributed by atoms with Crippen LogP contribution in [0.2, 0.25) is 5.02 Å². The van der Waals surface area contributed by atoms with Gasteiger partial charge in [-0.2, -0.15) is 5.10 Å². The maximum absolute atomic E-state index is 13.7. The number of carbonyl (C=O) groups is 1. The van der Waals surface area contributed by atoms with E-state index in [9.17, 15) is 4.79 Å². The average Bonchev–Trinajstić information content (AvgIpc) is 3.49. The molecule has 1 atom stereocenters. The summed E-state index contributed by atoms with van der Waals surface area (Å²) in [5.41, 5.74) is 7.29. The molecule has 5 aromatic rings. The van der Waals surface area contributed by atoms with Gasteiger partial charge in [0.2, 0.25) is 0 Å². The second kappa shape index (κ2) is 10.2. The lowest BCUT2D eigenvalue weighted by Gasteiger charge is -2.27. The Kier molecular flexibility index (Phi) is 6.44. The fourth-order valence-electron chi connectivity index (χ4n) is 4.94. The zero-order valence-corrected chi connectivity index (χ0v) is 21.7. The Balaban J connectivity index is 1.37. The summed E-state index contributed by atoms with van der Waals surface area (Å²) in [6.45, 7) is 2.92. The van der Waals surface area contributed by atoms with E-state index in [1.165, 1.54) is 5.56 Å². The SMILES string of the molecule is Cc1ccc(-c2n[nH]c3c2C(c2ccc(OCc4ccccc4)cc2)N(Cc2ccccc2Cl)C3=O)cc1. The number of H-pyrrole nitrogens is 1. The largest absolute Gasteiger partial charge is 0.489 e. The van der Waals surface area contributed by atoms with Crippen molar-refractivity contribution in [3.63, 3.8) is 0 Å². The van der Waals surface area contributed by atoms with Crippen molar-refractivity contribution in [3.8, 4) is 17.0 Å². The number of halogens is 1. The predicted octanol–water partition coefficient (Wildman–Crippen LogP) is 7.36. The number of benzene rings is 4. The lowest BCUT2D eigenvalue weighted by atomic mass is 9.95. The lowest BCUT2D eigenvalue weighted by Crippen LogP contribution is -2.29. The van der Waals surface area contributed by atoms with Crippen LogP contribution in [-0.4, -0.2) is 21.0 Å². The molecule has 1 N–H and O–H groups in total. The van der Waals surface area contributed by atoms with Crippen molar-refractivity contribution >= 4 is 17.5 Å². The van der Waals surface area contributed by atoms with Crippen LogP contribution in [0.25, 0.3) is 11.3 Å². The van der Waals surface area contributed by atoms with Crippen molar-refractivity contribution in [1.29, 1.82) is 0 Å². The predicted molar refractivity (Wildman–Crippen MR) is 149 cm³/mol. The highest BCUT2D eigenvalue weighted by molar-refractivity contribution is 6.31. The third kappa shape index (κ3) is 4.57. The van der Waals surface area contributed by atoms with E-state index in [2.05, 4.69) is 29.3 Å². The molecule has 6 rings (SSSR count). The van der Waals surface area contributed by atoms with Gasteiger partial charge in [0.25, 0.3) is 5.91 Å². The van der Waals surface area contributed by atoms with Crippen LogP contribution in [-0.2, 0) is 13.2 Å². The first-order valence-electron chi connectivity index (χ1n) is 12.5. The average molecular weight is 520 g/mol. The molecule has 1 aliphatic heterocycles. The molecule has 1 unspecified atom stereocenters. The van der Waals surface area contributed by atoms with Gasteiger partial charge in [-0.1, -0.05) is 102 Å². The summed E-state index contributed by atoms with van der Waals surface area (Å²) in [5, 5.41) is 8.25. The number of rotatable bonds is 7. The molecule has 4 aromatic carbocycles. The summed E-state index contributed by atoms with van der Waals surface area (Å²) >= 11 is 6.50. The maximum Gasteiger partial charge on any atom is 0.273 e. The number of nitrogens with zero attached hydrogens (tertiary/aromatic N) is 2. The number of aromatic amines is 1. The smallest absolute Gasteiger partial charge is 0.273 e. The van der Waals surface area contributed by atoms with E-state index in [1.807, 2.05) is 95.9 Å². The highest BCUT2D eigenvalue weighted by Gasteiger charge is 2.42. The van der Waals surface area contributed by atoms with E-state index >= 15 is 0 Å². The zero-order chi connectivity index (χ0) is 26.1. The summed E-state index contributed by atoms with van der Waals surface area (Å²) in [6, 6.07) is 33.6. The van der Waals surface area contributed by atoms with Crippen molar-refractivity contribution in [1.82, 2.24) is 15.1 Å². The third-order valence-electron chi connectivity index (χ3n) is 6.93. The molecule has 2 heterocycles. The number of aromatic nitrogens is 2. The van der Waals surface area contributed by atoms with Crippen molar-refractivity contribution < 1.29 is 9.53 Å².